The van der Waals surface area contributed by atoms with Crippen LogP contribution < -0.4 is 10.6 Å². The van der Waals surface area contributed by atoms with Gasteiger partial charge in [-0.25, -0.2) is 0 Å². The Kier molecular flexibility index (Phi) is 5.35. The van der Waals surface area contributed by atoms with Crippen molar-refractivity contribution < 1.29 is 4.79 Å². The molecule has 0 bridgehead atoms. The van der Waals surface area contributed by atoms with Crippen LogP contribution >= 0.6 is 15.9 Å². The molecule has 3 rings (SSSR count). The Labute approximate surface area is 153 Å². The topological polar surface area (TPSA) is 79.8 Å². The summed E-state index contributed by atoms with van der Waals surface area (Å²) in [6, 6.07) is 13.0. The van der Waals surface area contributed by atoms with Crippen molar-refractivity contribution in [2.45, 2.75) is 13.5 Å². The van der Waals surface area contributed by atoms with Gasteiger partial charge in [-0.15, -0.1) is 10.2 Å². The fraction of sp³-hybridized carbons (Fsp3) is 0.111. The summed E-state index contributed by atoms with van der Waals surface area (Å²) >= 11 is 3.43. The average Bonchev–Trinajstić information content (AvgIpc) is 2.63. The number of amides is 1. The summed E-state index contributed by atoms with van der Waals surface area (Å²) in [4.78, 5) is 16.1. The van der Waals surface area contributed by atoms with E-state index in [-0.39, 0.29) is 11.6 Å². The molecule has 0 spiro atoms. The smallest absolute Gasteiger partial charge is 0.272 e. The Morgan fingerprint density at radius 2 is 2.04 bits per heavy atom. The van der Waals surface area contributed by atoms with E-state index in [1.54, 1.807) is 24.5 Å². The third kappa shape index (κ3) is 4.60. The van der Waals surface area contributed by atoms with Crippen molar-refractivity contribution >= 4 is 33.3 Å². The van der Waals surface area contributed by atoms with Gasteiger partial charge in [-0.3, -0.25) is 9.78 Å². The van der Waals surface area contributed by atoms with Gasteiger partial charge in [0.05, 0.1) is 0 Å². The molecule has 0 aliphatic rings. The second kappa shape index (κ2) is 7.85. The van der Waals surface area contributed by atoms with Crippen molar-refractivity contribution in [1.29, 1.82) is 0 Å². The largest absolute Gasteiger partial charge is 0.347 e. The van der Waals surface area contributed by atoms with Crippen molar-refractivity contribution in [2.24, 2.45) is 0 Å². The summed E-state index contributed by atoms with van der Waals surface area (Å²) in [5.74, 6) is 0.303. The number of carbonyl (C=O) groups is 1. The first-order chi connectivity index (χ1) is 12.1. The lowest BCUT2D eigenvalue weighted by molar-refractivity contribution is 0.0945. The first kappa shape index (κ1) is 17.0. The quantitative estimate of drug-likeness (QED) is 0.687. The van der Waals surface area contributed by atoms with Gasteiger partial charge in [0.15, 0.2) is 11.5 Å². The molecule has 2 heterocycles. The fourth-order valence-corrected chi connectivity index (χ4v) is 2.68. The Morgan fingerprint density at radius 3 is 2.72 bits per heavy atom. The summed E-state index contributed by atoms with van der Waals surface area (Å²) in [7, 11) is 0. The molecule has 7 heteroatoms. The van der Waals surface area contributed by atoms with Gasteiger partial charge < -0.3 is 10.6 Å². The van der Waals surface area contributed by atoms with Gasteiger partial charge in [0.2, 0.25) is 0 Å². The molecule has 0 saturated carbocycles. The van der Waals surface area contributed by atoms with E-state index in [0.717, 1.165) is 21.3 Å². The number of hydrogen-bond acceptors (Lipinski definition) is 5. The second-order valence-electron chi connectivity index (χ2n) is 5.43. The molecule has 3 aromatic rings. The van der Waals surface area contributed by atoms with Crippen LogP contribution in [0.4, 0.5) is 11.5 Å². The molecule has 6 nitrogen and oxygen atoms in total. The van der Waals surface area contributed by atoms with Gasteiger partial charge >= 0.3 is 0 Å². The highest BCUT2D eigenvalue weighted by Gasteiger charge is 2.08. The summed E-state index contributed by atoms with van der Waals surface area (Å²) in [6.45, 7) is 2.40. The molecule has 1 amide bonds. The van der Waals surface area contributed by atoms with Crippen LogP contribution in [0.2, 0.25) is 0 Å². The van der Waals surface area contributed by atoms with Crippen LogP contribution in [0.1, 0.15) is 21.6 Å². The third-order valence-corrected chi connectivity index (χ3v) is 4.02. The first-order valence-corrected chi connectivity index (χ1v) is 8.45. The number of carbonyl (C=O) groups excluding carboxylic acids is 1. The molecule has 2 N–H and O–H groups in total. The van der Waals surface area contributed by atoms with Crippen LogP contribution in [0.5, 0.6) is 0 Å². The zero-order chi connectivity index (χ0) is 17.6. The molecule has 0 aliphatic carbocycles. The standard InChI is InChI=1S/C18H16BrN5O/c1-12-9-14(19)4-5-15(12)22-17-7-6-16(23-24-17)18(25)21-11-13-3-2-8-20-10-13/h2-10H,11H2,1H3,(H,21,25)(H,22,24). The third-order valence-electron chi connectivity index (χ3n) is 3.52. The van der Waals surface area contributed by atoms with Crippen LogP contribution in [-0.4, -0.2) is 21.1 Å². The van der Waals surface area contributed by atoms with Crippen LogP contribution in [0.3, 0.4) is 0 Å². The number of aryl methyl sites for hydroxylation is 1. The van der Waals surface area contributed by atoms with Gasteiger partial charge in [-0.2, -0.15) is 0 Å². The SMILES string of the molecule is Cc1cc(Br)ccc1Nc1ccc(C(=O)NCc2cccnc2)nn1. The molecule has 2 aromatic heterocycles. The summed E-state index contributed by atoms with van der Waals surface area (Å²) in [6.07, 6.45) is 3.40. The summed E-state index contributed by atoms with van der Waals surface area (Å²) in [5, 5.41) is 14.0. The van der Waals surface area contributed by atoms with E-state index in [0.29, 0.717) is 12.4 Å². The molecule has 126 valence electrons. The van der Waals surface area contributed by atoms with E-state index in [9.17, 15) is 4.79 Å². The van der Waals surface area contributed by atoms with Crippen LogP contribution in [0, 0.1) is 6.92 Å². The molecule has 25 heavy (non-hydrogen) atoms. The number of benzene rings is 1. The number of aromatic nitrogens is 3. The van der Waals surface area contributed by atoms with E-state index < -0.39 is 0 Å². The zero-order valence-corrected chi connectivity index (χ0v) is 15.1. The molecule has 0 atom stereocenters. The molecule has 1 aromatic carbocycles. The minimum absolute atomic E-state index is 0.266. The van der Waals surface area contributed by atoms with E-state index in [1.807, 2.05) is 37.3 Å². The van der Waals surface area contributed by atoms with Crippen LogP contribution in [-0.2, 0) is 6.54 Å². The van der Waals surface area contributed by atoms with Gasteiger partial charge in [-0.05, 0) is 54.4 Å². The van der Waals surface area contributed by atoms with Crippen molar-refractivity contribution in [1.82, 2.24) is 20.5 Å². The number of hydrogen-bond donors (Lipinski definition) is 2. The summed E-state index contributed by atoms with van der Waals surface area (Å²) < 4.78 is 1.02. The van der Waals surface area contributed by atoms with Crippen LogP contribution in [0.15, 0.2) is 59.3 Å². The number of nitrogens with zero attached hydrogens (tertiary/aromatic N) is 3. The zero-order valence-electron chi connectivity index (χ0n) is 13.5. The second-order valence-corrected chi connectivity index (χ2v) is 6.35. The van der Waals surface area contributed by atoms with Crippen molar-refractivity contribution in [3.8, 4) is 0 Å². The maximum Gasteiger partial charge on any atom is 0.272 e. The number of pyridine rings is 1. The van der Waals surface area contributed by atoms with Crippen LogP contribution in [0.25, 0.3) is 0 Å². The molecule has 0 unspecified atom stereocenters. The normalized spacial score (nSPS) is 10.3. The highest BCUT2D eigenvalue weighted by molar-refractivity contribution is 9.10. The highest BCUT2D eigenvalue weighted by Crippen LogP contribution is 2.22. The van der Waals surface area contributed by atoms with Crippen molar-refractivity contribution in [3.63, 3.8) is 0 Å². The number of nitrogens with one attached hydrogen (secondary N) is 2. The van der Waals surface area contributed by atoms with E-state index >= 15 is 0 Å². The van der Waals surface area contributed by atoms with Crippen molar-refractivity contribution in [3.05, 3.63) is 76.2 Å². The first-order valence-electron chi connectivity index (χ1n) is 7.66. The van der Waals surface area contributed by atoms with Gasteiger partial charge in [0.25, 0.3) is 5.91 Å². The molecule has 0 radical (unpaired) electrons. The Hall–Kier alpha value is -2.80. The average molecular weight is 398 g/mol. The van der Waals surface area contributed by atoms with E-state index in [1.165, 1.54) is 0 Å². The minimum Gasteiger partial charge on any atom is -0.347 e. The molecule has 0 saturated heterocycles. The Bertz CT molecular complexity index is 868. The number of halogens is 1. The number of anilines is 2. The lowest BCUT2D eigenvalue weighted by atomic mass is 10.2. The van der Waals surface area contributed by atoms with E-state index in [4.69, 9.17) is 0 Å². The predicted molar refractivity (Wildman–Crippen MR) is 99.6 cm³/mol. The van der Waals surface area contributed by atoms with Gasteiger partial charge in [0.1, 0.15) is 0 Å². The molecular weight excluding hydrogens is 382 g/mol. The van der Waals surface area contributed by atoms with Gasteiger partial charge in [-0.1, -0.05) is 22.0 Å². The lowest BCUT2D eigenvalue weighted by Gasteiger charge is -2.09. The maximum absolute atomic E-state index is 12.1. The minimum atomic E-state index is -0.275. The van der Waals surface area contributed by atoms with Crippen molar-refractivity contribution in [2.75, 3.05) is 5.32 Å². The Balaban J connectivity index is 1.62. The Morgan fingerprint density at radius 1 is 1.16 bits per heavy atom. The number of rotatable bonds is 5. The molecular formula is C18H16BrN5O. The van der Waals surface area contributed by atoms with Gasteiger partial charge in [0, 0.05) is 29.1 Å². The highest BCUT2D eigenvalue weighted by atomic mass is 79.9. The maximum atomic E-state index is 12.1. The van der Waals surface area contributed by atoms with E-state index in [2.05, 4.69) is 41.7 Å². The fourth-order valence-electron chi connectivity index (χ4n) is 2.20. The lowest BCUT2D eigenvalue weighted by Crippen LogP contribution is -2.24. The summed E-state index contributed by atoms with van der Waals surface area (Å²) in [5.41, 5.74) is 3.20. The molecule has 0 fully saturated rings. The molecule has 0 aliphatic heterocycles. The predicted octanol–water partition coefficient (Wildman–Crippen LogP) is 3.62. The monoisotopic (exact) mass is 397 g/mol.